The Balaban J connectivity index is 0.00000225. The van der Waals surface area contributed by atoms with E-state index < -0.39 is 10.0 Å². The molecule has 9 heteroatoms. The van der Waals surface area contributed by atoms with Crippen LogP contribution in [-0.2, 0) is 16.6 Å². The molecular weight excluding hydrogens is 364 g/mol. The molecule has 0 saturated carbocycles. The summed E-state index contributed by atoms with van der Waals surface area (Å²) in [7, 11) is -3.28. The molecule has 138 valence electrons. The molecule has 25 heavy (non-hydrogen) atoms. The summed E-state index contributed by atoms with van der Waals surface area (Å²) in [6.45, 7) is 2.85. The third-order valence-corrected chi connectivity index (χ3v) is 6.27. The fourth-order valence-corrected chi connectivity index (χ4v) is 4.71. The van der Waals surface area contributed by atoms with E-state index in [1.165, 1.54) is 4.31 Å². The summed E-state index contributed by atoms with van der Waals surface area (Å²) >= 11 is 0. The Morgan fingerprint density at radius 1 is 1.32 bits per heavy atom. The smallest absolute Gasteiger partial charge is 0.245 e. The molecule has 2 aromatic rings. The lowest BCUT2D eigenvalue weighted by Crippen LogP contribution is -2.32. The number of halogens is 1. The largest absolute Gasteiger partial charge is 0.337 e. The van der Waals surface area contributed by atoms with Gasteiger partial charge in [0.15, 0.2) is 0 Å². The number of rotatable bonds is 6. The van der Waals surface area contributed by atoms with Gasteiger partial charge in [-0.15, -0.1) is 12.4 Å². The van der Waals surface area contributed by atoms with E-state index in [0.29, 0.717) is 37.6 Å². The van der Waals surface area contributed by atoms with Crippen molar-refractivity contribution in [1.29, 1.82) is 0 Å². The summed E-state index contributed by atoms with van der Waals surface area (Å²) in [4.78, 5) is 4.43. The van der Waals surface area contributed by atoms with E-state index in [-0.39, 0.29) is 24.2 Å². The molecule has 1 atom stereocenters. The van der Waals surface area contributed by atoms with E-state index in [4.69, 9.17) is 10.3 Å². The van der Waals surface area contributed by atoms with Gasteiger partial charge in [-0.05, 0) is 24.8 Å². The minimum absolute atomic E-state index is 0. The van der Waals surface area contributed by atoms with Crippen molar-refractivity contribution in [2.45, 2.75) is 38.8 Å². The minimum atomic E-state index is -3.28. The standard InChI is InChI=1S/C16H22N4O3S.ClH/c1-2-10-24(21,22)20-9-3-4-14(20)16-18-15(19-23-16)13-7-5-12(11-17)6-8-13;/h5-8,14H,2-4,9-11,17H2,1H3;1H. The number of nitrogens with zero attached hydrogens (tertiary/aromatic N) is 3. The number of sulfonamides is 1. The fourth-order valence-electron chi connectivity index (χ4n) is 2.97. The molecule has 2 heterocycles. The third kappa shape index (κ3) is 4.20. The van der Waals surface area contributed by atoms with Crippen LogP contribution >= 0.6 is 12.4 Å². The number of nitrogens with two attached hydrogens (primary N) is 1. The van der Waals surface area contributed by atoms with Gasteiger partial charge in [-0.2, -0.15) is 9.29 Å². The van der Waals surface area contributed by atoms with Crippen molar-refractivity contribution < 1.29 is 12.9 Å². The summed E-state index contributed by atoms with van der Waals surface area (Å²) < 4.78 is 31.7. The summed E-state index contributed by atoms with van der Waals surface area (Å²) in [5.41, 5.74) is 7.44. The number of hydrogen-bond acceptors (Lipinski definition) is 6. The lowest BCUT2D eigenvalue weighted by Gasteiger charge is -2.20. The highest BCUT2D eigenvalue weighted by Gasteiger charge is 2.38. The first kappa shape index (κ1) is 19.8. The molecule has 0 spiro atoms. The first-order valence-electron chi connectivity index (χ1n) is 8.17. The van der Waals surface area contributed by atoms with E-state index in [2.05, 4.69) is 10.1 Å². The van der Waals surface area contributed by atoms with Crippen molar-refractivity contribution in [2.75, 3.05) is 12.3 Å². The first-order valence-corrected chi connectivity index (χ1v) is 9.78. The molecule has 1 saturated heterocycles. The second-order valence-electron chi connectivity index (χ2n) is 5.94. The van der Waals surface area contributed by atoms with Crippen LogP contribution in [0.4, 0.5) is 0 Å². The number of aromatic nitrogens is 2. The van der Waals surface area contributed by atoms with Gasteiger partial charge in [0.2, 0.25) is 21.7 Å². The highest BCUT2D eigenvalue weighted by molar-refractivity contribution is 7.89. The summed E-state index contributed by atoms with van der Waals surface area (Å²) in [5.74, 6) is 0.976. The van der Waals surface area contributed by atoms with Crippen LogP contribution in [0.5, 0.6) is 0 Å². The van der Waals surface area contributed by atoms with Crippen molar-refractivity contribution in [1.82, 2.24) is 14.4 Å². The normalized spacial score (nSPS) is 18.2. The Labute approximate surface area is 154 Å². The predicted octanol–water partition coefficient (Wildman–Crippen LogP) is 2.49. The van der Waals surface area contributed by atoms with Crippen LogP contribution in [-0.4, -0.2) is 35.2 Å². The van der Waals surface area contributed by atoms with E-state index in [9.17, 15) is 8.42 Å². The van der Waals surface area contributed by atoms with Crippen LogP contribution in [0.25, 0.3) is 11.4 Å². The van der Waals surface area contributed by atoms with Gasteiger partial charge in [0.1, 0.15) is 6.04 Å². The maximum atomic E-state index is 12.4. The molecule has 0 aliphatic carbocycles. The van der Waals surface area contributed by atoms with Gasteiger partial charge in [0.05, 0.1) is 5.75 Å². The van der Waals surface area contributed by atoms with Crippen molar-refractivity contribution in [3.05, 3.63) is 35.7 Å². The van der Waals surface area contributed by atoms with Gasteiger partial charge in [-0.3, -0.25) is 0 Å². The van der Waals surface area contributed by atoms with Crippen molar-refractivity contribution >= 4 is 22.4 Å². The Bertz CT molecular complexity index is 792. The average Bonchev–Trinajstić information content (AvgIpc) is 3.24. The van der Waals surface area contributed by atoms with Crippen molar-refractivity contribution in [3.8, 4) is 11.4 Å². The molecule has 1 aliphatic heterocycles. The molecule has 0 amide bonds. The second-order valence-corrected chi connectivity index (χ2v) is 7.98. The Morgan fingerprint density at radius 3 is 2.68 bits per heavy atom. The number of hydrogen-bond donors (Lipinski definition) is 1. The van der Waals surface area contributed by atoms with Gasteiger partial charge in [-0.25, -0.2) is 8.42 Å². The minimum Gasteiger partial charge on any atom is -0.337 e. The second kappa shape index (κ2) is 8.27. The molecule has 1 aliphatic rings. The van der Waals surface area contributed by atoms with Gasteiger partial charge >= 0.3 is 0 Å². The molecule has 0 radical (unpaired) electrons. The van der Waals surface area contributed by atoms with Crippen LogP contribution in [0, 0.1) is 0 Å². The maximum Gasteiger partial charge on any atom is 0.245 e. The van der Waals surface area contributed by atoms with Crippen molar-refractivity contribution in [3.63, 3.8) is 0 Å². The monoisotopic (exact) mass is 386 g/mol. The zero-order valence-corrected chi connectivity index (χ0v) is 15.7. The predicted molar refractivity (Wildman–Crippen MR) is 97.6 cm³/mol. The highest BCUT2D eigenvalue weighted by Crippen LogP contribution is 2.34. The summed E-state index contributed by atoms with van der Waals surface area (Å²) in [6.07, 6.45) is 2.10. The topological polar surface area (TPSA) is 102 Å². The zero-order chi connectivity index (χ0) is 17.2. The zero-order valence-electron chi connectivity index (χ0n) is 14.1. The molecular formula is C16H23ClN4O3S. The first-order chi connectivity index (χ1) is 11.5. The molecule has 1 fully saturated rings. The molecule has 0 bridgehead atoms. The van der Waals surface area contributed by atoms with Gasteiger partial charge < -0.3 is 10.3 Å². The lowest BCUT2D eigenvalue weighted by atomic mass is 10.1. The lowest BCUT2D eigenvalue weighted by molar-refractivity contribution is 0.290. The Morgan fingerprint density at radius 2 is 2.04 bits per heavy atom. The number of benzene rings is 1. The van der Waals surface area contributed by atoms with Crippen LogP contribution in [0.1, 0.15) is 43.7 Å². The van der Waals surface area contributed by atoms with E-state index in [0.717, 1.165) is 17.5 Å². The van der Waals surface area contributed by atoms with E-state index in [1.54, 1.807) is 0 Å². The molecule has 1 aromatic carbocycles. The summed E-state index contributed by atoms with van der Waals surface area (Å²) in [6, 6.07) is 7.25. The van der Waals surface area contributed by atoms with Gasteiger partial charge in [0, 0.05) is 18.7 Å². The third-order valence-electron chi connectivity index (χ3n) is 4.20. The molecule has 1 unspecified atom stereocenters. The fraction of sp³-hybridized carbons (Fsp3) is 0.500. The SMILES string of the molecule is CCCS(=O)(=O)N1CCCC1c1nc(-c2ccc(CN)cc2)no1.Cl. The average molecular weight is 387 g/mol. The Hall–Kier alpha value is -1.48. The van der Waals surface area contributed by atoms with Gasteiger partial charge in [-0.1, -0.05) is 36.3 Å². The van der Waals surface area contributed by atoms with Crippen LogP contribution in [0.2, 0.25) is 0 Å². The quantitative estimate of drug-likeness (QED) is 0.818. The molecule has 1 aromatic heterocycles. The van der Waals surface area contributed by atoms with Crippen molar-refractivity contribution in [2.24, 2.45) is 5.73 Å². The van der Waals surface area contributed by atoms with Gasteiger partial charge in [0.25, 0.3) is 0 Å². The van der Waals surface area contributed by atoms with E-state index >= 15 is 0 Å². The van der Waals surface area contributed by atoms with Crippen LogP contribution < -0.4 is 5.73 Å². The van der Waals surface area contributed by atoms with Crippen LogP contribution in [0.3, 0.4) is 0 Å². The van der Waals surface area contributed by atoms with Crippen LogP contribution in [0.15, 0.2) is 28.8 Å². The summed E-state index contributed by atoms with van der Waals surface area (Å²) in [5, 5.41) is 4.01. The molecule has 3 rings (SSSR count). The molecule has 7 nitrogen and oxygen atoms in total. The van der Waals surface area contributed by atoms with E-state index in [1.807, 2.05) is 31.2 Å². The highest BCUT2D eigenvalue weighted by atomic mass is 35.5. The Kier molecular flexibility index (Phi) is 6.56. The maximum absolute atomic E-state index is 12.4. The molecule has 2 N–H and O–H groups in total.